The van der Waals surface area contributed by atoms with Crippen molar-refractivity contribution in [3.05, 3.63) is 68.7 Å². The Kier molecular flexibility index (Phi) is 5.15. The lowest BCUT2D eigenvalue weighted by atomic mass is 10.1. The molecule has 0 fully saturated rings. The summed E-state index contributed by atoms with van der Waals surface area (Å²) in [7, 11) is 3.20. The SMILES string of the molecule is CN(C)C(=O)c1ccc(Cl)c(NC(=O)c2ccccc2[N+](=O)[O-])c1. The van der Waals surface area contributed by atoms with E-state index in [1.165, 1.54) is 47.4 Å². The highest BCUT2D eigenvalue weighted by molar-refractivity contribution is 6.34. The van der Waals surface area contributed by atoms with Crippen LogP contribution in [-0.2, 0) is 0 Å². The standard InChI is InChI=1S/C16H14ClN3O4/c1-19(2)16(22)10-7-8-12(17)13(9-10)18-15(21)11-5-3-4-6-14(11)20(23)24/h3-9H,1-2H3,(H,18,21). The Labute approximate surface area is 143 Å². The van der Waals surface area contributed by atoms with E-state index in [9.17, 15) is 19.7 Å². The molecular weight excluding hydrogens is 334 g/mol. The van der Waals surface area contributed by atoms with Crippen LogP contribution in [0.5, 0.6) is 0 Å². The first-order valence-electron chi connectivity index (χ1n) is 6.87. The lowest BCUT2D eigenvalue weighted by Crippen LogP contribution is -2.22. The third-order valence-electron chi connectivity index (χ3n) is 3.21. The lowest BCUT2D eigenvalue weighted by Gasteiger charge is -2.13. The minimum absolute atomic E-state index is 0.0945. The number of halogens is 1. The molecule has 124 valence electrons. The number of nitro groups is 1. The highest BCUT2D eigenvalue weighted by Crippen LogP contribution is 2.26. The molecule has 7 nitrogen and oxygen atoms in total. The first-order valence-corrected chi connectivity index (χ1v) is 7.25. The summed E-state index contributed by atoms with van der Waals surface area (Å²) >= 11 is 6.04. The van der Waals surface area contributed by atoms with E-state index >= 15 is 0 Å². The molecule has 0 bridgehead atoms. The van der Waals surface area contributed by atoms with Crippen molar-refractivity contribution in [2.45, 2.75) is 0 Å². The second-order valence-electron chi connectivity index (χ2n) is 5.12. The molecule has 8 heteroatoms. The van der Waals surface area contributed by atoms with Crippen LogP contribution in [0.4, 0.5) is 11.4 Å². The third-order valence-corrected chi connectivity index (χ3v) is 3.54. The van der Waals surface area contributed by atoms with Crippen molar-refractivity contribution in [1.29, 1.82) is 0 Å². The zero-order valence-corrected chi connectivity index (χ0v) is 13.7. The lowest BCUT2D eigenvalue weighted by molar-refractivity contribution is -0.385. The zero-order valence-electron chi connectivity index (χ0n) is 12.9. The molecule has 0 aliphatic heterocycles. The molecule has 2 amide bonds. The molecule has 1 N–H and O–H groups in total. The minimum atomic E-state index is -0.682. The first kappa shape index (κ1) is 17.4. The van der Waals surface area contributed by atoms with Crippen LogP contribution in [0, 0.1) is 10.1 Å². The van der Waals surface area contributed by atoms with Crippen molar-refractivity contribution >= 4 is 34.8 Å². The van der Waals surface area contributed by atoms with Gasteiger partial charge in [0.2, 0.25) is 0 Å². The largest absolute Gasteiger partial charge is 0.345 e. The summed E-state index contributed by atoms with van der Waals surface area (Å²) in [6.45, 7) is 0. The Morgan fingerprint density at radius 3 is 2.46 bits per heavy atom. The molecule has 0 saturated heterocycles. The van der Waals surface area contributed by atoms with E-state index < -0.39 is 10.8 Å². The summed E-state index contributed by atoms with van der Waals surface area (Å²) in [5, 5.41) is 13.7. The molecule has 0 spiro atoms. The number of hydrogen-bond donors (Lipinski definition) is 1. The van der Waals surface area contributed by atoms with E-state index in [0.717, 1.165) is 0 Å². The number of amides is 2. The smallest absolute Gasteiger partial charge is 0.282 e. The summed E-state index contributed by atoms with van der Waals surface area (Å²) in [6.07, 6.45) is 0. The topological polar surface area (TPSA) is 92.6 Å². The first-order chi connectivity index (χ1) is 11.3. The molecule has 0 saturated carbocycles. The summed E-state index contributed by atoms with van der Waals surface area (Å²) in [5.74, 6) is -0.938. The van der Waals surface area contributed by atoms with Crippen LogP contribution in [0.15, 0.2) is 42.5 Å². The summed E-state index contributed by atoms with van der Waals surface area (Å²) in [5.41, 5.74) is 0.129. The molecule has 0 aromatic heterocycles. The van der Waals surface area contributed by atoms with Crippen molar-refractivity contribution in [2.24, 2.45) is 0 Å². The van der Waals surface area contributed by atoms with Crippen molar-refractivity contribution in [1.82, 2.24) is 4.90 Å². The number of carbonyl (C=O) groups excluding carboxylic acids is 2. The van der Waals surface area contributed by atoms with Gasteiger partial charge in [-0.3, -0.25) is 19.7 Å². The highest BCUT2D eigenvalue weighted by Gasteiger charge is 2.20. The Bertz CT molecular complexity index is 821. The number of para-hydroxylation sites is 1. The Morgan fingerprint density at radius 1 is 1.17 bits per heavy atom. The van der Waals surface area contributed by atoms with Crippen LogP contribution in [0.1, 0.15) is 20.7 Å². The molecule has 2 aromatic carbocycles. The fraction of sp³-hybridized carbons (Fsp3) is 0.125. The molecule has 2 aromatic rings. The van der Waals surface area contributed by atoms with Crippen LogP contribution < -0.4 is 5.32 Å². The molecule has 0 heterocycles. The van der Waals surface area contributed by atoms with Gasteiger partial charge < -0.3 is 10.2 Å². The van der Waals surface area contributed by atoms with E-state index in [4.69, 9.17) is 11.6 Å². The van der Waals surface area contributed by atoms with Gasteiger partial charge >= 0.3 is 0 Å². The fourth-order valence-corrected chi connectivity index (χ4v) is 2.19. The molecule has 24 heavy (non-hydrogen) atoms. The maximum Gasteiger partial charge on any atom is 0.282 e. The third kappa shape index (κ3) is 3.69. The number of hydrogen-bond acceptors (Lipinski definition) is 4. The van der Waals surface area contributed by atoms with E-state index in [2.05, 4.69) is 5.32 Å². The van der Waals surface area contributed by atoms with Crippen LogP contribution in [0.2, 0.25) is 5.02 Å². The Hall–Kier alpha value is -2.93. The van der Waals surface area contributed by atoms with Gasteiger partial charge in [0.15, 0.2) is 0 Å². The van der Waals surface area contributed by atoms with Crippen LogP contribution in [0.25, 0.3) is 0 Å². The monoisotopic (exact) mass is 347 g/mol. The van der Waals surface area contributed by atoms with Crippen molar-refractivity contribution in [3.8, 4) is 0 Å². The van der Waals surface area contributed by atoms with Crippen molar-refractivity contribution in [3.63, 3.8) is 0 Å². The molecule has 0 unspecified atom stereocenters. The molecular formula is C16H14ClN3O4. The molecule has 0 aliphatic carbocycles. The Morgan fingerprint density at radius 2 is 1.83 bits per heavy atom. The quantitative estimate of drug-likeness (QED) is 0.679. The van der Waals surface area contributed by atoms with E-state index in [-0.39, 0.29) is 27.9 Å². The van der Waals surface area contributed by atoms with Gasteiger partial charge in [-0.1, -0.05) is 23.7 Å². The summed E-state index contributed by atoms with van der Waals surface area (Å²) in [4.78, 5) is 36.1. The number of nitro benzene ring substituents is 1. The fourth-order valence-electron chi connectivity index (χ4n) is 2.03. The number of carbonyl (C=O) groups is 2. The maximum atomic E-state index is 12.3. The number of rotatable bonds is 4. The second kappa shape index (κ2) is 7.10. The average molecular weight is 348 g/mol. The summed E-state index contributed by atoms with van der Waals surface area (Å²) in [6, 6.07) is 10.0. The predicted octanol–water partition coefficient (Wildman–Crippen LogP) is 3.20. The van der Waals surface area contributed by atoms with Gasteiger partial charge in [-0.05, 0) is 24.3 Å². The second-order valence-corrected chi connectivity index (χ2v) is 5.53. The number of anilines is 1. The zero-order chi connectivity index (χ0) is 17.9. The van der Waals surface area contributed by atoms with Crippen molar-refractivity contribution < 1.29 is 14.5 Å². The number of nitrogens with one attached hydrogen (secondary N) is 1. The van der Waals surface area contributed by atoms with E-state index in [1.54, 1.807) is 14.1 Å². The van der Waals surface area contributed by atoms with Crippen LogP contribution in [0.3, 0.4) is 0 Å². The molecule has 0 radical (unpaired) electrons. The number of benzene rings is 2. The van der Waals surface area contributed by atoms with Gasteiger partial charge in [0.05, 0.1) is 15.6 Å². The normalized spacial score (nSPS) is 10.1. The van der Waals surface area contributed by atoms with Crippen LogP contribution >= 0.6 is 11.6 Å². The predicted molar refractivity (Wildman–Crippen MR) is 90.5 cm³/mol. The maximum absolute atomic E-state index is 12.3. The van der Waals surface area contributed by atoms with E-state index in [1.807, 2.05) is 0 Å². The van der Waals surface area contributed by atoms with Gasteiger partial charge in [0, 0.05) is 25.7 Å². The van der Waals surface area contributed by atoms with E-state index in [0.29, 0.717) is 5.56 Å². The van der Waals surface area contributed by atoms with Gasteiger partial charge in [0.25, 0.3) is 17.5 Å². The Balaban J connectivity index is 2.34. The minimum Gasteiger partial charge on any atom is -0.345 e. The van der Waals surface area contributed by atoms with Gasteiger partial charge in [-0.2, -0.15) is 0 Å². The average Bonchev–Trinajstić information content (AvgIpc) is 2.55. The number of nitrogens with zero attached hydrogens (tertiary/aromatic N) is 2. The van der Waals surface area contributed by atoms with Gasteiger partial charge in [-0.25, -0.2) is 0 Å². The molecule has 0 atom stereocenters. The highest BCUT2D eigenvalue weighted by atomic mass is 35.5. The molecule has 2 rings (SSSR count). The molecule has 0 aliphatic rings. The summed E-state index contributed by atoms with van der Waals surface area (Å²) < 4.78 is 0. The van der Waals surface area contributed by atoms with Gasteiger partial charge in [0.1, 0.15) is 5.56 Å². The van der Waals surface area contributed by atoms with Crippen molar-refractivity contribution in [2.75, 3.05) is 19.4 Å². The van der Waals surface area contributed by atoms with Crippen LogP contribution in [-0.4, -0.2) is 35.7 Å². The van der Waals surface area contributed by atoms with Gasteiger partial charge in [-0.15, -0.1) is 0 Å².